The largest absolute Gasteiger partial charge is 0.466 e. The molecule has 6 nitrogen and oxygen atoms in total. The first-order valence-electron chi connectivity index (χ1n) is 8.33. The number of nitrogens with one attached hydrogen (secondary N) is 2. The predicted octanol–water partition coefficient (Wildman–Crippen LogP) is 2.25. The van der Waals surface area contributed by atoms with Gasteiger partial charge >= 0.3 is 11.8 Å². The lowest BCUT2D eigenvalue weighted by Crippen LogP contribution is -2.45. The fourth-order valence-electron chi connectivity index (χ4n) is 2.88. The van der Waals surface area contributed by atoms with Gasteiger partial charge in [0.15, 0.2) is 0 Å². The van der Waals surface area contributed by atoms with Gasteiger partial charge in [-0.15, -0.1) is 0 Å². The van der Waals surface area contributed by atoms with Crippen molar-refractivity contribution in [3.63, 3.8) is 0 Å². The molecule has 1 aliphatic rings. The number of carbonyl (C=O) groups excluding carboxylic acids is 2. The molecular formula is C19H22N2O4. The zero-order valence-electron chi connectivity index (χ0n) is 14.3. The molecule has 0 aliphatic heterocycles. The van der Waals surface area contributed by atoms with E-state index in [0.717, 1.165) is 24.0 Å². The van der Waals surface area contributed by atoms with E-state index in [1.54, 1.807) is 18.2 Å². The summed E-state index contributed by atoms with van der Waals surface area (Å²) in [6, 6.07) is 8.87. The average Bonchev–Trinajstić information content (AvgIpc) is 3.31. The first-order valence-corrected chi connectivity index (χ1v) is 8.33. The van der Waals surface area contributed by atoms with E-state index in [9.17, 15) is 14.7 Å². The highest BCUT2D eigenvalue weighted by Crippen LogP contribution is 2.45. The zero-order chi connectivity index (χ0) is 18.0. The number of hydrogen-bond donors (Lipinski definition) is 3. The van der Waals surface area contributed by atoms with Crippen LogP contribution < -0.4 is 10.6 Å². The van der Waals surface area contributed by atoms with E-state index >= 15 is 0 Å². The minimum Gasteiger partial charge on any atom is -0.466 e. The molecule has 1 unspecified atom stereocenters. The maximum atomic E-state index is 12.1. The highest BCUT2D eigenvalue weighted by atomic mass is 16.4. The van der Waals surface area contributed by atoms with E-state index in [-0.39, 0.29) is 12.5 Å². The molecular weight excluding hydrogens is 320 g/mol. The molecule has 0 bridgehead atoms. The summed E-state index contributed by atoms with van der Waals surface area (Å²) in [5, 5.41) is 16.0. The molecule has 1 heterocycles. The molecule has 1 aliphatic carbocycles. The lowest BCUT2D eigenvalue weighted by atomic mass is 9.94. The Hall–Kier alpha value is -2.60. The van der Waals surface area contributed by atoms with Gasteiger partial charge in [-0.05, 0) is 61.9 Å². The third-order valence-electron chi connectivity index (χ3n) is 4.78. The van der Waals surface area contributed by atoms with Gasteiger partial charge in [0, 0.05) is 5.69 Å². The molecule has 0 saturated heterocycles. The van der Waals surface area contributed by atoms with Crippen molar-refractivity contribution >= 4 is 17.5 Å². The van der Waals surface area contributed by atoms with E-state index < -0.39 is 17.4 Å². The van der Waals surface area contributed by atoms with Gasteiger partial charge in [-0.2, -0.15) is 0 Å². The Morgan fingerprint density at radius 3 is 2.60 bits per heavy atom. The van der Waals surface area contributed by atoms with Gasteiger partial charge in [0.2, 0.25) is 0 Å². The summed E-state index contributed by atoms with van der Waals surface area (Å²) in [6.07, 6.45) is 3.21. The molecule has 1 aromatic carbocycles. The van der Waals surface area contributed by atoms with Crippen LogP contribution in [0, 0.1) is 19.8 Å². The van der Waals surface area contributed by atoms with E-state index in [0.29, 0.717) is 11.4 Å². The maximum Gasteiger partial charge on any atom is 0.313 e. The summed E-state index contributed by atoms with van der Waals surface area (Å²) in [5.74, 6) is -1.11. The van der Waals surface area contributed by atoms with E-state index in [4.69, 9.17) is 4.42 Å². The number of benzene rings is 1. The fraction of sp³-hybridized carbons (Fsp3) is 0.368. The summed E-state index contributed by atoms with van der Waals surface area (Å²) in [7, 11) is 0. The van der Waals surface area contributed by atoms with Gasteiger partial charge in [0.25, 0.3) is 0 Å². The molecule has 25 heavy (non-hydrogen) atoms. The number of amides is 2. The molecule has 1 fully saturated rings. The smallest absolute Gasteiger partial charge is 0.313 e. The lowest BCUT2D eigenvalue weighted by molar-refractivity contribution is -0.137. The quantitative estimate of drug-likeness (QED) is 0.727. The number of rotatable bonds is 5. The fourth-order valence-corrected chi connectivity index (χ4v) is 2.88. The highest BCUT2D eigenvalue weighted by Gasteiger charge is 2.47. The van der Waals surface area contributed by atoms with Crippen LogP contribution in [0.2, 0.25) is 0 Å². The van der Waals surface area contributed by atoms with Crippen molar-refractivity contribution in [2.75, 3.05) is 11.9 Å². The van der Waals surface area contributed by atoms with Crippen LogP contribution in [-0.2, 0) is 15.2 Å². The Balaban J connectivity index is 1.63. The van der Waals surface area contributed by atoms with Crippen LogP contribution in [0.25, 0.3) is 0 Å². The third kappa shape index (κ3) is 3.58. The van der Waals surface area contributed by atoms with Gasteiger partial charge in [-0.3, -0.25) is 9.59 Å². The summed E-state index contributed by atoms with van der Waals surface area (Å²) in [4.78, 5) is 24.3. The molecule has 0 radical (unpaired) electrons. The third-order valence-corrected chi connectivity index (χ3v) is 4.78. The van der Waals surface area contributed by atoms with Crippen LogP contribution in [-0.4, -0.2) is 23.5 Å². The summed E-state index contributed by atoms with van der Waals surface area (Å²) >= 11 is 0. The van der Waals surface area contributed by atoms with E-state index in [1.807, 2.05) is 26.0 Å². The predicted molar refractivity (Wildman–Crippen MR) is 92.9 cm³/mol. The van der Waals surface area contributed by atoms with E-state index in [2.05, 4.69) is 10.6 Å². The van der Waals surface area contributed by atoms with Gasteiger partial charge in [-0.1, -0.05) is 12.1 Å². The van der Waals surface area contributed by atoms with Crippen LogP contribution in [0.4, 0.5) is 5.69 Å². The van der Waals surface area contributed by atoms with E-state index in [1.165, 1.54) is 6.26 Å². The molecule has 132 valence electrons. The van der Waals surface area contributed by atoms with Gasteiger partial charge < -0.3 is 20.2 Å². The first-order chi connectivity index (χ1) is 11.9. The number of carbonyl (C=O) groups is 2. The number of aliphatic hydroxyl groups is 1. The Morgan fingerprint density at radius 2 is 1.96 bits per heavy atom. The molecule has 3 rings (SSSR count). The van der Waals surface area contributed by atoms with Gasteiger partial charge in [0.1, 0.15) is 11.4 Å². The van der Waals surface area contributed by atoms with Crippen molar-refractivity contribution < 1.29 is 19.1 Å². The SMILES string of the molecule is Cc1cccc(NC(=O)C(=O)NCC(O)(c2ccco2)C2CC2)c1C. The molecule has 3 N–H and O–H groups in total. The monoisotopic (exact) mass is 342 g/mol. The van der Waals surface area contributed by atoms with Crippen molar-refractivity contribution in [3.05, 3.63) is 53.5 Å². The number of furan rings is 1. The Kier molecular flexibility index (Phi) is 4.63. The Bertz CT molecular complexity index is 781. The highest BCUT2D eigenvalue weighted by molar-refractivity contribution is 6.39. The van der Waals surface area contributed by atoms with Crippen molar-refractivity contribution in [1.29, 1.82) is 0 Å². The van der Waals surface area contributed by atoms with Gasteiger partial charge in [-0.25, -0.2) is 0 Å². The molecule has 0 spiro atoms. The summed E-state index contributed by atoms with van der Waals surface area (Å²) < 4.78 is 5.32. The molecule has 2 aromatic rings. The van der Waals surface area contributed by atoms with Crippen molar-refractivity contribution in [2.45, 2.75) is 32.3 Å². The van der Waals surface area contributed by atoms with Crippen molar-refractivity contribution in [3.8, 4) is 0 Å². The van der Waals surface area contributed by atoms with Crippen molar-refractivity contribution in [2.24, 2.45) is 5.92 Å². The molecule has 1 atom stereocenters. The average molecular weight is 342 g/mol. The second kappa shape index (κ2) is 6.72. The molecule has 1 saturated carbocycles. The minimum atomic E-state index is -1.28. The zero-order valence-corrected chi connectivity index (χ0v) is 14.3. The summed E-state index contributed by atoms with van der Waals surface area (Å²) in [6.45, 7) is 3.75. The second-order valence-corrected chi connectivity index (χ2v) is 6.56. The molecule has 1 aromatic heterocycles. The molecule has 2 amide bonds. The molecule has 6 heteroatoms. The minimum absolute atomic E-state index is 0.0287. The Labute approximate surface area is 146 Å². The van der Waals surface area contributed by atoms with Crippen LogP contribution in [0.15, 0.2) is 41.0 Å². The van der Waals surface area contributed by atoms with Crippen LogP contribution in [0.1, 0.15) is 29.7 Å². The van der Waals surface area contributed by atoms with Crippen LogP contribution in [0.5, 0.6) is 0 Å². The first kappa shape index (κ1) is 17.2. The standard InChI is InChI=1S/C19H22N2O4/c1-12-5-3-6-15(13(12)2)21-18(23)17(22)20-11-19(24,14-8-9-14)16-7-4-10-25-16/h3-7,10,14,24H,8-9,11H2,1-2H3,(H,20,22)(H,21,23). The van der Waals surface area contributed by atoms with Crippen LogP contribution >= 0.6 is 0 Å². The van der Waals surface area contributed by atoms with Gasteiger partial charge in [0.05, 0.1) is 12.8 Å². The number of hydrogen-bond acceptors (Lipinski definition) is 4. The topological polar surface area (TPSA) is 91.6 Å². The number of anilines is 1. The maximum absolute atomic E-state index is 12.1. The Morgan fingerprint density at radius 1 is 1.20 bits per heavy atom. The normalized spacial score (nSPS) is 16.1. The van der Waals surface area contributed by atoms with Crippen LogP contribution in [0.3, 0.4) is 0 Å². The summed E-state index contributed by atoms with van der Waals surface area (Å²) in [5.41, 5.74) is 1.26. The van der Waals surface area contributed by atoms with Crippen molar-refractivity contribution in [1.82, 2.24) is 5.32 Å². The lowest BCUT2D eigenvalue weighted by Gasteiger charge is -2.26. The second-order valence-electron chi connectivity index (χ2n) is 6.56. The number of aryl methyl sites for hydroxylation is 1.